The van der Waals surface area contributed by atoms with Crippen molar-refractivity contribution in [2.75, 3.05) is 19.5 Å². The third-order valence-electron chi connectivity index (χ3n) is 4.94. The maximum atomic E-state index is 12.4. The van der Waals surface area contributed by atoms with Gasteiger partial charge in [0.15, 0.2) is 0 Å². The Morgan fingerprint density at radius 3 is 2.61 bits per heavy atom. The first kappa shape index (κ1) is 18.5. The van der Waals surface area contributed by atoms with E-state index in [0.717, 1.165) is 46.8 Å². The van der Waals surface area contributed by atoms with Gasteiger partial charge in [0, 0.05) is 10.4 Å². The first-order valence-electron chi connectivity index (χ1n) is 9.31. The minimum atomic E-state index is -0.284. The highest BCUT2D eigenvalue weighted by Crippen LogP contribution is 2.39. The van der Waals surface area contributed by atoms with E-state index in [0.29, 0.717) is 11.4 Å². The zero-order valence-corrected chi connectivity index (χ0v) is 16.8. The lowest BCUT2D eigenvalue weighted by Crippen LogP contribution is -2.09. The molecule has 0 bridgehead atoms. The van der Waals surface area contributed by atoms with E-state index in [1.165, 1.54) is 18.4 Å². The first-order valence-corrected chi connectivity index (χ1v) is 10.1. The van der Waals surface area contributed by atoms with Crippen LogP contribution in [0, 0.1) is 0 Å². The van der Waals surface area contributed by atoms with Crippen LogP contribution in [0.5, 0.6) is 5.75 Å². The van der Waals surface area contributed by atoms with Gasteiger partial charge in [-0.05, 0) is 67.6 Å². The van der Waals surface area contributed by atoms with Crippen molar-refractivity contribution < 1.29 is 14.3 Å². The number of esters is 1. The number of rotatable bonds is 5. The molecular formula is C22H22N2O3S. The number of nitrogens with one attached hydrogen (secondary N) is 1. The molecule has 1 aliphatic carbocycles. The normalized spacial score (nSPS) is 12.9. The Morgan fingerprint density at radius 2 is 1.86 bits per heavy atom. The molecule has 6 heteroatoms. The van der Waals surface area contributed by atoms with Crippen LogP contribution in [0.3, 0.4) is 0 Å². The van der Waals surface area contributed by atoms with Crippen molar-refractivity contribution in [3.8, 4) is 17.0 Å². The van der Waals surface area contributed by atoms with E-state index in [2.05, 4.69) is 5.32 Å². The largest absolute Gasteiger partial charge is 0.497 e. The summed E-state index contributed by atoms with van der Waals surface area (Å²) in [5.41, 5.74) is 3.66. The van der Waals surface area contributed by atoms with Gasteiger partial charge in [0.1, 0.15) is 16.6 Å². The van der Waals surface area contributed by atoms with Gasteiger partial charge in [0.05, 0.1) is 25.5 Å². The van der Waals surface area contributed by atoms with E-state index in [-0.39, 0.29) is 5.97 Å². The summed E-state index contributed by atoms with van der Waals surface area (Å²) in [5, 5.41) is 4.18. The van der Waals surface area contributed by atoms with Gasteiger partial charge in [-0.3, -0.25) is 0 Å². The van der Waals surface area contributed by atoms with Crippen molar-refractivity contribution in [2.45, 2.75) is 25.7 Å². The Hall–Kier alpha value is -2.86. The number of carbonyl (C=O) groups is 1. The minimum absolute atomic E-state index is 0.284. The highest BCUT2D eigenvalue weighted by molar-refractivity contribution is 7.16. The van der Waals surface area contributed by atoms with E-state index >= 15 is 0 Å². The van der Waals surface area contributed by atoms with Crippen molar-refractivity contribution in [3.05, 3.63) is 58.5 Å². The molecule has 0 saturated carbocycles. The Labute approximate surface area is 168 Å². The number of pyridine rings is 1. The van der Waals surface area contributed by atoms with Gasteiger partial charge in [-0.1, -0.05) is 6.07 Å². The summed E-state index contributed by atoms with van der Waals surface area (Å²) in [5.74, 6) is 1.23. The Balaban J connectivity index is 1.66. The van der Waals surface area contributed by atoms with Crippen LogP contribution in [0.4, 0.5) is 10.8 Å². The van der Waals surface area contributed by atoms with Crippen LogP contribution in [0.15, 0.2) is 42.5 Å². The summed E-state index contributed by atoms with van der Waals surface area (Å²) in [6.07, 6.45) is 4.22. The van der Waals surface area contributed by atoms with E-state index in [1.54, 1.807) is 18.4 Å². The lowest BCUT2D eigenvalue weighted by atomic mass is 9.95. The van der Waals surface area contributed by atoms with Crippen LogP contribution in [-0.4, -0.2) is 25.2 Å². The van der Waals surface area contributed by atoms with Crippen molar-refractivity contribution in [2.24, 2.45) is 0 Å². The fourth-order valence-corrected chi connectivity index (χ4v) is 4.80. The number of aryl methyl sites for hydroxylation is 1. The van der Waals surface area contributed by atoms with Gasteiger partial charge in [-0.15, -0.1) is 11.3 Å². The van der Waals surface area contributed by atoms with Crippen LogP contribution >= 0.6 is 11.3 Å². The van der Waals surface area contributed by atoms with Crippen LogP contribution in [0.25, 0.3) is 11.3 Å². The van der Waals surface area contributed by atoms with E-state index in [9.17, 15) is 4.79 Å². The van der Waals surface area contributed by atoms with Crippen LogP contribution in [0.1, 0.15) is 33.6 Å². The number of fused-ring (bicyclic) bond motifs is 1. The molecule has 28 heavy (non-hydrogen) atoms. The number of ether oxygens (including phenoxy) is 2. The molecule has 1 aliphatic rings. The number of benzene rings is 1. The molecule has 4 rings (SSSR count). The molecule has 5 nitrogen and oxygen atoms in total. The number of hydrogen-bond donors (Lipinski definition) is 1. The van der Waals surface area contributed by atoms with E-state index in [4.69, 9.17) is 14.5 Å². The number of methoxy groups -OCH3 is 2. The van der Waals surface area contributed by atoms with Crippen molar-refractivity contribution in [1.82, 2.24) is 4.98 Å². The van der Waals surface area contributed by atoms with Gasteiger partial charge in [-0.2, -0.15) is 0 Å². The highest BCUT2D eigenvalue weighted by atomic mass is 32.1. The second kappa shape index (κ2) is 8.02. The average molecular weight is 394 g/mol. The topological polar surface area (TPSA) is 60.5 Å². The van der Waals surface area contributed by atoms with E-state index in [1.807, 2.05) is 42.5 Å². The Morgan fingerprint density at radius 1 is 1.07 bits per heavy atom. The molecule has 0 atom stereocenters. The standard InChI is InChI=1S/C22H22N2O3S/c1-26-15-12-10-14(11-13-15)17-7-5-9-19(23-17)24-21-20(22(25)27-2)16-6-3-4-8-18(16)28-21/h5,7,9-13H,3-4,6,8H2,1-2H3,(H,23,24). The average Bonchev–Trinajstić information content (AvgIpc) is 3.11. The molecular weight excluding hydrogens is 372 g/mol. The monoisotopic (exact) mass is 394 g/mol. The third-order valence-corrected chi connectivity index (χ3v) is 6.14. The fraction of sp³-hybridized carbons (Fsp3) is 0.273. The van der Waals surface area contributed by atoms with Gasteiger partial charge < -0.3 is 14.8 Å². The van der Waals surface area contributed by atoms with Crippen LogP contribution < -0.4 is 10.1 Å². The maximum absolute atomic E-state index is 12.4. The second-order valence-electron chi connectivity index (χ2n) is 6.67. The van der Waals surface area contributed by atoms with Gasteiger partial charge in [0.25, 0.3) is 0 Å². The molecule has 0 saturated heterocycles. The third kappa shape index (κ3) is 3.60. The second-order valence-corrected chi connectivity index (χ2v) is 7.77. The predicted molar refractivity (Wildman–Crippen MR) is 112 cm³/mol. The Bertz CT molecular complexity index is 996. The molecule has 144 valence electrons. The number of hydrogen-bond acceptors (Lipinski definition) is 6. The first-order chi connectivity index (χ1) is 13.7. The molecule has 1 aromatic carbocycles. The molecule has 0 spiro atoms. The molecule has 3 aromatic rings. The van der Waals surface area contributed by atoms with Gasteiger partial charge >= 0.3 is 5.97 Å². The molecule has 0 amide bonds. The van der Waals surface area contributed by atoms with Crippen molar-refractivity contribution >= 4 is 28.1 Å². The summed E-state index contributed by atoms with van der Waals surface area (Å²) < 4.78 is 10.3. The maximum Gasteiger partial charge on any atom is 0.341 e. The molecule has 0 radical (unpaired) electrons. The lowest BCUT2D eigenvalue weighted by Gasteiger charge is -2.12. The minimum Gasteiger partial charge on any atom is -0.497 e. The van der Waals surface area contributed by atoms with Crippen molar-refractivity contribution in [3.63, 3.8) is 0 Å². The van der Waals surface area contributed by atoms with Crippen molar-refractivity contribution in [1.29, 1.82) is 0 Å². The molecule has 0 unspecified atom stereocenters. The molecule has 2 heterocycles. The van der Waals surface area contributed by atoms with Crippen LogP contribution in [0.2, 0.25) is 0 Å². The summed E-state index contributed by atoms with van der Waals surface area (Å²) in [7, 11) is 3.08. The number of aromatic nitrogens is 1. The number of carbonyl (C=O) groups excluding carboxylic acids is 1. The SMILES string of the molecule is COC(=O)c1c(Nc2cccc(-c3ccc(OC)cc3)n2)sc2c1CCCC2. The zero-order valence-electron chi connectivity index (χ0n) is 16.0. The number of anilines is 2. The summed E-state index contributed by atoms with van der Waals surface area (Å²) in [4.78, 5) is 18.4. The number of thiophene rings is 1. The fourth-order valence-electron chi connectivity index (χ4n) is 3.52. The smallest absolute Gasteiger partial charge is 0.341 e. The Kier molecular flexibility index (Phi) is 5.30. The number of nitrogens with zero attached hydrogens (tertiary/aromatic N) is 1. The quantitative estimate of drug-likeness (QED) is 0.601. The summed E-state index contributed by atoms with van der Waals surface area (Å²) >= 11 is 1.64. The van der Waals surface area contributed by atoms with E-state index < -0.39 is 0 Å². The van der Waals surface area contributed by atoms with Crippen LogP contribution in [-0.2, 0) is 17.6 Å². The highest BCUT2D eigenvalue weighted by Gasteiger charge is 2.26. The van der Waals surface area contributed by atoms with Gasteiger partial charge in [-0.25, -0.2) is 9.78 Å². The molecule has 0 aliphatic heterocycles. The molecule has 0 fully saturated rings. The summed E-state index contributed by atoms with van der Waals surface area (Å²) in [6.45, 7) is 0. The molecule has 2 aromatic heterocycles. The molecule has 1 N–H and O–H groups in total. The van der Waals surface area contributed by atoms with Gasteiger partial charge in [0.2, 0.25) is 0 Å². The predicted octanol–water partition coefficient (Wildman–Crippen LogP) is 5.23. The zero-order chi connectivity index (χ0) is 19.5. The lowest BCUT2D eigenvalue weighted by molar-refractivity contribution is 0.0601. The summed E-state index contributed by atoms with van der Waals surface area (Å²) in [6, 6.07) is 13.6.